The van der Waals surface area contributed by atoms with Crippen LogP contribution < -0.4 is 11.3 Å². The van der Waals surface area contributed by atoms with Crippen molar-refractivity contribution in [2.75, 3.05) is 5.73 Å². The second-order valence-corrected chi connectivity index (χ2v) is 5.40. The van der Waals surface area contributed by atoms with Crippen LogP contribution in [0, 0.1) is 5.82 Å². The minimum atomic E-state index is -0.506. The summed E-state index contributed by atoms with van der Waals surface area (Å²) >= 11 is 0. The monoisotopic (exact) mass is 324 g/mol. The van der Waals surface area contributed by atoms with Crippen LogP contribution in [-0.4, -0.2) is 24.5 Å². The van der Waals surface area contributed by atoms with Crippen LogP contribution in [0.15, 0.2) is 47.5 Å². The number of nitrogen functional groups attached to an aromatic ring is 1. The first kappa shape index (κ1) is 14.2. The van der Waals surface area contributed by atoms with Gasteiger partial charge < -0.3 is 5.73 Å². The number of halogens is 1. The molecule has 0 unspecified atom stereocenters. The standard InChI is InChI=1S/C16H13FN6O/c1-22-7-6-11(21-22)9-8-23(12-5-3-2-4-10(12)17)16(24)13-14(9)19-20-15(13)18/h2-8H,1H3,(H3,18,19,20). The molecule has 4 aromatic rings. The predicted molar refractivity (Wildman–Crippen MR) is 88.3 cm³/mol. The molecule has 120 valence electrons. The third-order valence-corrected chi connectivity index (χ3v) is 3.86. The maximum Gasteiger partial charge on any atom is 0.268 e. The first-order valence-corrected chi connectivity index (χ1v) is 7.20. The molecule has 1 aromatic carbocycles. The van der Waals surface area contributed by atoms with Gasteiger partial charge in [-0.25, -0.2) is 4.39 Å². The van der Waals surface area contributed by atoms with Crippen molar-refractivity contribution in [1.29, 1.82) is 0 Å². The Bertz CT molecular complexity index is 1120. The van der Waals surface area contributed by atoms with E-state index in [-0.39, 0.29) is 16.9 Å². The van der Waals surface area contributed by atoms with E-state index in [2.05, 4.69) is 15.3 Å². The van der Waals surface area contributed by atoms with Crippen LogP contribution in [0.1, 0.15) is 0 Å². The summed E-state index contributed by atoms with van der Waals surface area (Å²) in [5, 5.41) is 11.2. The van der Waals surface area contributed by atoms with Crippen molar-refractivity contribution in [3.8, 4) is 16.9 Å². The van der Waals surface area contributed by atoms with Gasteiger partial charge in [-0.1, -0.05) is 12.1 Å². The number of rotatable bonds is 2. The summed E-state index contributed by atoms with van der Waals surface area (Å²) in [5.74, 6) is -0.439. The number of benzene rings is 1. The number of nitrogens with one attached hydrogen (secondary N) is 1. The molecule has 0 radical (unpaired) electrons. The summed E-state index contributed by atoms with van der Waals surface area (Å²) in [4.78, 5) is 12.8. The van der Waals surface area contributed by atoms with Crippen molar-refractivity contribution in [3.05, 3.63) is 58.9 Å². The predicted octanol–water partition coefficient (Wildman–Crippen LogP) is 1.84. The van der Waals surface area contributed by atoms with Crippen LogP contribution in [-0.2, 0) is 7.05 Å². The van der Waals surface area contributed by atoms with E-state index in [0.717, 1.165) is 0 Å². The van der Waals surface area contributed by atoms with Crippen LogP contribution in [0.5, 0.6) is 0 Å². The van der Waals surface area contributed by atoms with Gasteiger partial charge in [-0.15, -0.1) is 0 Å². The molecule has 4 rings (SSSR count). The Labute approximate surface area is 135 Å². The highest BCUT2D eigenvalue weighted by Crippen LogP contribution is 2.27. The lowest BCUT2D eigenvalue weighted by Crippen LogP contribution is -2.20. The number of aromatic amines is 1. The Balaban J connectivity index is 2.12. The summed E-state index contributed by atoms with van der Waals surface area (Å²) in [6.07, 6.45) is 3.32. The molecule has 0 aliphatic rings. The number of hydrogen-bond acceptors (Lipinski definition) is 4. The van der Waals surface area contributed by atoms with Crippen LogP contribution in [0.4, 0.5) is 10.2 Å². The van der Waals surface area contributed by atoms with E-state index >= 15 is 0 Å². The lowest BCUT2D eigenvalue weighted by molar-refractivity contribution is 0.616. The number of aromatic nitrogens is 5. The third kappa shape index (κ3) is 2.00. The molecule has 24 heavy (non-hydrogen) atoms. The van der Waals surface area contributed by atoms with Crippen molar-refractivity contribution in [1.82, 2.24) is 24.5 Å². The number of pyridine rings is 1. The third-order valence-electron chi connectivity index (χ3n) is 3.86. The van der Waals surface area contributed by atoms with E-state index in [9.17, 15) is 9.18 Å². The fourth-order valence-corrected chi connectivity index (χ4v) is 2.72. The number of anilines is 1. The number of nitrogens with two attached hydrogens (primary N) is 1. The Morgan fingerprint density at radius 1 is 1.25 bits per heavy atom. The summed E-state index contributed by atoms with van der Waals surface area (Å²) in [6, 6.07) is 7.84. The van der Waals surface area contributed by atoms with Gasteiger partial charge in [0.15, 0.2) is 5.82 Å². The summed E-state index contributed by atoms with van der Waals surface area (Å²) in [5.41, 5.74) is 7.24. The van der Waals surface area contributed by atoms with Crippen LogP contribution in [0.2, 0.25) is 0 Å². The van der Waals surface area contributed by atoms with Crippen molar-refractivity contribution >= 4 is 16.7 Å². The van der Waals surface area contributed by atoms with Crippen LogP contribution in [0.25, 0.3) is 27.8 Å². The molecule has 0 saturated heterocycles. The molecule has 8 heteroatoms. The molecule has 0 bridgehead atoms. The minimum Gasteiger partial charge on any atom is -0.382 e. The lowest BCUT2D eigenvalue weighted by atomic mass is 10.1. The Morgan fingerprint density at radius 3 is 2.75 bits per heavy atom. The first-order valence-electron chi connectivity index (χ1n) is 7.20. The van der Waals surface area contributed by atoms with E-state index in [1.54, 1.807) is 42.3 Å². The van der Waals surface area contributed by atoms with Crippen LogP contribution in [0.3, 0.4) is 0 Å². The van der Waals surface area contributed by atoms with E-state index in [0.29, 0.717) is 16.8 Å². The molecule has 0 fully saturated rings. The molecular formula is C16H13FN6O. The summed E-state index contributed by atoms with van der Waals surface area (Å²) in [6.45, 7) is 0. The summed E-state index contributed by atoms with van der Waals surface area (Å²) < 4.78 is 17.1. The smallest absolute Gasteiger partial charge is 0.268 e. The highest BCUT2D eigenvalue weighted by molar-refractivity contribution is 5.97. The lowest BCUT2D eigenvalue weighted by Gasteiger charge is -2.10. The van der Waals surface area contributed by atoms with Crippen molar-refractivity contribution in [2.24, 2.45) is 7.05 Å². The summed E-state index contributed by atoms with van der Waals surface area (Å²) in [7, 11) is 1.79. The molecule has 0 amide bonds. The minimum absolute atomic E-state index is 0.0675. The van der Waals surface area contributed by atoms with E-state index in [4.69, 9.17) is 5.73 Å². The van der Waals surface area contributed by atoms with E-state index < -0.39 is 11.4 Å². The Morgan fingerprint density at radius 2 is 2.04 bits per heavy atom. The number of para-hydroxylation sites is 1. The number of aryl methyl sites for hydroxylation is 1. The van der Waals surface area contributed by atoms with Crippen molar-refractivity contribution in [3.63, 3.8) is 0 Å². The molecule has 3 heterocycles. The first-order chi connectivity index (χ1) is 11.6. The van der Waals surface area contributed by atoms with E-state index in [1.165, 1.54) is 16.7 Å². The molecule has 0 aliphatic carbocycles. The maximum absolute atomic E-state index is 14.2. The van der Waals surface area contributed by atoms with Crippen molar-refractivity contribution < 1.29 is 4.39 Å². The normalized spacial score (nSPS) is 11.2. The number of fused-ring (bicyclic) bond motifs is 1. The molecule has 0 spiro atoms. The number of H-pyrrole nitrogens is 1. The molecular weight excluding hydrogens is 311 g/mol. The van der Waals surface area contributed by atoms with Gasteiger partial charge >= 0.3 is 0 Å². The zero-order chi connectivity index (χ0) is 16.8. The highest BCUT2D eigenvalue weighted by Gasteiger charge is 2.18. The van der Waals surface area contributed by atoms with Crippen LogP contribution >= 0.6 is 0 Å². The fraction of sp³-hybridized carbons (Fsp3) is 0.0625. The van der Waals surface area contributed by atoms with Gasteiger partial charge in [0.2, 0.25) is 0 Å². The quantitative estimate of drug-likeness (QED) is 0.588. The largest absolute Gasteiger partial charge is 0.382 e. The van der Waals surface area contributed by atoms with Gasteiger partial charge in [0.25, 0.3) is 5.56 Å². The fourth-order valence-electron chi connectivity index (χ4n) is 2.72. The van der Waals surface area contributed by atoms with Gasteiger partial charge in [0, 0.05) is 25.0 Å². The zero-order valence-electron chi connectivity index (χ0n) is 12.7. The molecule has 0 aliphatic heterocycles. The number of hydrogen-bond donors (Lipinski definition) is 2. The van der Waals surface area contributed by atoms with Gasteiger partial charge in [-0.2, -0.15) is 10.2 Å². The molecule has 0 atom stereocenters. The zero-order valence-corrected chi connectivity index (χ0v) is 12.7. The van der Waals surface area contributed by atoms with E-state index in [1.807, 2.05) is 0 Å². The molecule has 7 nitrogen and oxygen atoms in total. The van der Waals surface area contributed by atoms with Gasteiger partial charge in [-0.3, -0.25) is 19.1 Å². The van der Waals surface area contributed by atoms with Crippen molar-refractivity contribution in [2.45, 2.75) is 0 Å². The van der Waals surface area contributed by atoms with Gasteiger partial charge in [-0.05, 0) is 18.2 Å². The van der Waals surface area contributed by atoms with Gasteiger partial charge in [0.05, 0.1) is 16.9 Å². The number of nitrogens with zero attached hydrogens (tertiary/aromatic N) is 4. The second-order valence-electron chi connectivity index (χ2n) is 5.40. The topological polar surface area (TPSA) is 94.5 Å². The average molecular weight is 324 g/mol. The Hall–Kier alpha value is -3.42. The maximum atomic E-state index is 14.2. The molecule has 3 N–H and O–H groups in total. The van der Waals surface area contributed by atoms with Gasteiger partial charge in [0.1, 0.15) is 11.2 Å². The SMILES string of the molecule is Cn1ccc(-c2cn(-c3ccccc3F)c(=O)c3c(N)n[nH]c23)n1. The second kappa shape index (κ2) is 5.05. The average Bonchev–Trinajstić information content (AvgIpc) is 3.16. The highest BCUT2D eigenvalue weighted by atomic mass is 19.1. The Kier molecular flexibility index (Phi) is 2.99. The molecule has 0 saturated carbocycles. The molecule has 3 aromatic heterocycles.